The van der Waals surface area contributed by atoms with Crippen LogP contribution in [0, 0.1) is 5.82 Å². The van der Waals surface area contributed by atoms with Gasteiger partial charge < -0.3 is 10.5 Å². The number of thiocarbonyl (C=S) groups is 1. The van der Waals surface area contributed by atoms with Gasteiger partial charge in [-0.15, -0.1) is 0 Å². The lowest BCUT2D eigenvalue weighted by atomic mass is 9.96. The minimum atomic E-state index is -0.322. The molecule has 0 radical (unpaired) electrons. The van der Waals surface area contributed by atoms with Gasteiger partial charge in [0.25, 0.3) is 0 Å². The lowest BCUT2D eigenvalue weighted by molar-refractivity contribution is -0.00875. The maximum Gasteiger partial charge on any atom is 0.124 e. The molecule has 0 spiro atoms. The molecule has 1 aliphatic carbocycles. The molecule has 1 aromatic carbocycles. The summed E-state index contributed by atoms with van der Waals surface area (Å²) in [6, 6.07) is 4.58. The van der Waals surface area contributed by atoms with Crippen molar-refractivity contribution in [3.8, 4) is 0 Å². The molecule has 4 heteroatoms. The summed E-state index contributed by atoms with van der Waals surface area (Å²) in [5.74, 6) is -0.322. The molecule has 2 nitrogen and oxygen atoms in total. The summed E-state index contributed by atoms with van der Waals surface area (Å²) in [4.78, 5) is 0.212. The van der Waals surface area contributed by atoms with Crippen LogP contribution in [-0.2, 0) is 11.3 Å². The number of rotatable bonds is 4. The number of benzene rings is 1. The molecule has 86 valence electrons. The predicted octanol–water partition coefficient (Wildman–Crippen LogP) is 2.53. The minimum Gasteiger partial charge on any atom is -0.389 e. The van der Waals surface area contributed by atoms with Gasteiger partial charge in [0.2, 0.25) is 0 Å². The zero-order valence-corrected chi connectivity index (χ0v) is 9.73. The summed E-state index contributed by atoms with van der Waals surface area (Å²) >= 11 is 4.82. The Morgan fingerprint density at radius 2 is 2.19 bits per heavy atom. The number of hydrogen-bond donors (Lipinski definition) is 1. The summed E-state index contributed by atoms with van der Waals surface area (Å²) in [5.41, 5.74) is 6.81. The van der Waals surface area contributed by atoms with Crippen LogP contribution >= 0.6 is 12.2 Å². The van der Waals surface area contributed by atoms with E-state index in [2.05, 4.69) is 0 Å². The second-order valence-electron chi connectivity index (χ2n) is 4.08. The first-order valence-corrected chi connectivity index (χ1v) is 5.77. The van der Waals surface area contributed by atoms with Gasteiger partial charge in [-0.2, -0.15) is 0 Å². The molecule has 1 aromatic rings. The Kier molecular flexibility index (Phi) is 3.51. The van der Waals surface area contributed by atoms with Crippen molar-refractivity contribution in [2.24, 2.45) is 5.73 Å². The van der Waals surface area contributed by atoms with Gasteiger partial charge in [0.1, 0.15) is 10.8 Å². The molecule has 1 aliphatic rings. The second kappa shape index (κ2) is 4.89. The number of halogens is 1. The second-order valence-corrected chi connectivity index (χ2v) is 4.52. The normalized spacial score (nSPS) is 15.8. The molecule has 0 saturated heterocycles. The Hall–Kier alpha value is -1.00. The third kappa shape index (κ3) is 2.77. The molecular weight excluding hydrogens is 225 g/mol. The Bertz CT molecular complexity index is 404. The molecule has 2 N–H and O–H groups in total. The third-order valence-electron chi connectivity index (χ3n) is 2.78. The van der Waals surface area contributed by atoms with Crippen molar-refractivity contribution < 1.29 is 9.13 Å². The fourth-order valence-corrected chi connectivity index (χ4v) is 1.75. The quantitative estimate of drug-likeness (QED) is 0.820. The Morgan fingerprint density at radius 3 is 2.75 bits per heavy atom. The van der Waals surface area contributed by atoms with Crippen LogP contribution in [0.25, 0.3) is 0 Å². The molecule has 0 aliphatic heterocycles. The molecule has 0 unspecified atom stereocenters. The van der Waals surface area contributed by atoms with E-state index in [0.29, 0.717) is 18.3 Å². The van der Waals surface area contributed by atoms with E-state index < -0.39 is 0 Å². The molecule has 16 heavy (non-hydrogen) atoms. The van der Waals surface area contributed by atoms with Crippen LogP contribution in [0.1, 0.15) is 30.4 Å². The Labute approximate surface area is 99.6 Å². The first kappa shape index (κ1) is 11.5. The van der Waals surface area contributed by atoms with Crippen molar-refractivity contribution in [1.82, 2.24) is 0 Å². The summed E-state index contributed by atoms with van der Waals surface area (Å²) in [6.45, 7) is 0.429. The SMILES string of the molecule is NC(=S)c1cc(F)cc(COC2CCC2)c1. The fraction of sp³-hybridized carbons (Fsp3) is 0.417. The Morgan fingerprint density at radius 1 is 1.44 bits per heavy atom. The summed E-state index contributed by atoms with van der Waals surface area (Å²) < 4.78 is 18.8. The van der Waals surface area contributed by atoms with Crippen molar-refractivity contribution in [1.29, 1.82) is 0 Å². The van der Waals surface area contributed by atoms with E-state index in [1.54, 1.807) is 6.07 Å². The Balaban J connectivity index is 2.04. The van der Waals surface area contributed by atoms with E-state index in [1.807, 2.05) is 0 Å². The average molecular weight is 239 g/mol. The highest BCUT2D eigenvalue weighted by Gasteiger charge is 2.17. The molecule has 0 bridgehead atoms. The van der Waals surface area contributed by atoms with Crippen LogP contribution in [0.3, 0.4) is 0 Å². The first-order chi connectivity index (χ1) is 7.65. The molecule has 0 amide bonds. The summed E-state index contributed by atoms with van der Waals surface area (Å²) in [5, 5.41) is 0. The van der Waals surface area contributed by atoms with Crippen LogP contribution in [0.2, 0.25) is 0 Å². The lowest BCUT2D eigenvalue weighted by Crippen LogP contribution is -2.21. The fourth-order valence-electron chi connectivity index (χ4n) is 1.63. The van der Waals surface area contributed by atoms with Gasteiger partial charge in [-0.05, 0) is 43.0 Å². The van der Waals surface area contributed by atoms with Crippen molar-refractivity contribution in [2.75, 3.05) is 0 Å². The van der Waals surface area contributed by atoms with Gasteiger partial charge in [-0.25, -0.2) is 4.39 Å². The standard InChI is InChI=1S/C12H14FNOS/c13-10-5-8(4-9(6-10)12(14)16)7-15-11-2-1-3-11/h4-6,11H,1-3,7H2,(H2,14,16). The van der Waals surface area contributed by atoms with Crippen LogP contribution < -0.4 is 5.73 Å². The number of hydrogen-bond acceptors (Lipinski definition) is 2. The van der Waals surface area contributed by atoms with Gasteiger partial charge in [0.15, 0.2) is 0 Å². The highest BCUT2D eigenvalue weighted by molar-refractivity contribution is 7.80. The largest absolute Gasteiger partial charge is 0.389 e. The maximum absolute atomic E-state index is 13.2. The summed E-state index contributed by atoms with van der Waals surface area (Å²) in [6.07, 6.45) is 3.79. The van der Waals surface area contributed by atoms with Gasteiger partial charge in [0.05, 0.1) is 12.7 Å². The maximum atomic E-state index is 13.2. The van der Waals surface area contributed by atoms with Crippen molar-refractivity contribution in [3.63, 3.8) is 0 Å². The highest BCUT2D eigenvalue weighted by Crippen LogP contribution is 2.23. The van der Waals surface area contributed by atoms with Gasteiger partial charge in [-0.1, -0.05) is 12.2 Å². The minimum absolute atomic E-state index is 0.212. The van der Waals surface area contributed by atoms with E-state index in [0.717, 1.165) is 18.4 Å². The van der Waals surface area contributed by atoms with E-state index in [4.69, 9.17) is 22.7 Å². The molecule has 0 heterocycles. The van der Waals surface area contributed by atoms with Crippen LogP contribution in [0.4, 0.5) is 4.39 Å². The molecule has 1 saturated carbocycles. The summed E-state index contributed by atoms with van der Waals surface area (Å²) in [7, 11) is 0. The van der Waals surface area contributed by atoms with Crippen LogP contribution in [-0.4, -0.2) is 11.1 Å². The molecule has 0 atom stereocenters. The molecule has 2 rings (SSSR count). The van der Waals surface area contributed by atoms with Crippen LogP contribution in [0.15, 0.2) is 18.2 Å². The van der Waals surface area contributed by atoms with Gasteiger partial charge >= 0.3 is 0 Å². The third-order valence-corrected chi connectivity index (χ3v) is 3.02. The highest BCUT2D eigenvalue weighted by atomic mass is 32.1. The molecule has 0 aromatic heterocycles. The van der Waals surface area contributed by atoms with Crippen LogP contribution in [0.5, 0.6) is 0 Å². The lowest BCUT2D eigenvalue weighted by Gasteiger charge is -2.25. The van der Waals surface area contributed by atoms with Gasteiger partial charge in [0, 0.05) is 5.56 Å². The zero-order chi connectivity index (χ0) is 11.5. The topological polar surface area (TPSA) is 35.2 Å². The zero-order valence-electron chi connectivity index (χ0n) is 8.91. The molecular formula is C12H14FNOS. The van der Waals surface area contributed by atoms with Crippen molar-refractivity contribution in [3.05, 3.63) is 35.1 Å². The molecule has 1 fully saturated rings. The monoisotopic (exact) mass is 239 g/mol. The number of ether oxygens (including phenoxy) is 1. The van der Waals surface area contributed by atoms with Crippen molar-refractivity contribution in [2.45, 2.75) is 32.0 Å². The number of nitrogens with two attached hydrogens (primary N) is 1. The van der Waals surface area contributed by atoms with Crippen molar-refractivity contribution >= 4 is 17.2 Å². The average Bonchev–Trinajstić information content (AvgIpc) is 2.14. The van der Waals surface area contributed by atoms with Gasteiger partial charge in [-0.3, -0.25) is 0 Å². The smallest absolute Gasteiger partial charge is 0.124 e. The van der Waals surface area contributed by atoms with E-state index >= 15 is 0 Å². The van der Waals surface area contributed by atoms with E-state index in [1.165, 1.54) is 18.6 Å². The predicted molar refractivity (Wildman–Crippen MR) is 64.7 cm³/mol. The van der Waals surface area contributed by atoms with E-state index in [-0.39, 0.29) is 10.8 Å². The first-order valence-electron chi connectivity index (χ1n) is 5.36. The van der Waals surface area contributed by atoms with E-state index in [9.17, 15) is 4.39 Å².